The van der Waals surface area contributed by atoms with Crippen molar-refractivity contribution in [3.8, 4) is 0 Å². The van der Waals surface area contributed by atoms with Gasteiger partial charge in [-0.1, -0.05) is 0 Å². The topological polar surface area (TPSA) is 6.48 Å². The Balaban J connectivity index is 3.26. The number of nitrogens with zero attached hydrogens (tertiary/aromatic N) is 2. The second kappa shape index (κ2) is 11.3. The summed E-state index contributed by atoms with van der Waals surface area (Å²) in [5.74, 6) is 0. The van der Waals surface area contributed by atoms with Crippen molar-refractivity contribution in [2.45, 2.75) is 104 Å². The van der Waals surface area contributed by atoms with Crippen LogP contribution in [0.3, 0.4) is 0 Å². The molecule has 0 N–H and O–H groups in total. The number of hydrogen-bond donors (Lipinski definition) is 0. The maximum atomic E-state index is 8.61. The van der Waals surface area contributed by atoms with E-state index in [-0.39, 0.29) is 20.6 Å². The van der Waals surface area contributed by atoms with E-state index in [2.05, 4.69) is 170 Å². The summed E-state index contributed by atoms with van der Waals surface area (Å²) in [7, 11) is 25.6. The summed E-state index contributed by atoms with van der Waals surface area (Å²) in [4.78, 5) is 4.34. The molecule has 0 saturated carbocycles. The van der Waals surface area contributed by atoms with Crippen molar-refractivity contribution < 1.29 is 12.5 Å². The Morgan fingerprint density at radius 3 is 0.821 bits per heavy atom. The van der Waals surface area contributed by atoms with E-state index in [1.54, 1.807) is 0 Å². The van der Waals surface area contributed by atoms with Crippen LogP contribution in [0.2, 0.25) is 0 Å². The molecule has 0 aliphatic heterocycles. The van der Waals surface area contributed by atoms with Crippen molar-refractivity contribution in [1.29, 1.82) is 0 Å². The minimum absolute atomic E-state index is 0.0656. The maximum absolute atomic E-state index is 8.61. The third kappa shape index (κ3) is 5.62. The van der Waals surface area contributed by atoms with Crippen LogP contribution < -0.4 is 20.4 Å². The molecule has 7 heteroatoms. The fraction of sp³-hybridized carbons (Fsp3) is 0.625. The first-order valence-electron chi connectivity index (χ1n) is 13.9. The summed E-state index contributed by atoms with van der Waals surface area (Å²) >= 11 is -3.36. The molecule has 0 radical (unpaired) electrons. The molecule has 2 aromatic rings. The van der Waals surface area contributed by atoms with Crippen molar-refractivity contribution in [2.75, 3.05) is 38.0 Å². The van der Waals surface area contributed by atoms with Gasteiger partial charge in [0.25, 0.3) is 0 Å². The van der Waals surface area contributed by atoms with Gasteiger partial charge in [-0.15, -0.1) is 0 Å². The predicted octanol–water partition coefficient (Wildman–Crippen LogP) is 9.75. The van der Waals surface area contributed by atoms with Crippen LogP contribution in [0.4, 0.5) is 11.4 Å². The summed E-state index contributed by atoms with van der Waals surface area (Å²) < 4.78 is 0. The predicted molar refractivity (Wildman–Crippen MR) is 188 cm³/mol. The first kappa shape index (κ1) is 35.3. The van der Waals surface area contributed by atoms with Crippen molar-refractivity contribution in [3.05, 3.63) is 48.5 Å². The number of anilines is 2. The molecule has 0 aromatic heterocycles. The van der Waals surface area contributed by atoms with Crippen LogP contribution >= 0.6 is 30.0 Å². The molecule has 0 fully saturated rings. The molecule has 0 heterocycles. The van der Waals surface area contributed by atoms with Gasteiger partial charge in [0.2, 0.25) is 0 Å². The van der Waals surface area contributed by atoms with Gasteiger partial charge in [0.1, 0.15) is 0 Å². The van der Waals surface area contributed by atoms with Gasteiger partial charge in [-0.25, -0.2) is 0 Å². The van der Waals surface area contributed by atoms with Gasteiger partial charge in [-0.05, 0) is 0 Å². The van der Waals surface area contributed by atoms with Crippen molar-refractivity contribution >= 4 is 51.9 Å². The molecule has 232 valence electrons. The molecule has 0 spiro atoms. The molecule has 39 heavy (non-hydrogen) atoms. The quantitative estimate of drug-likeness (QED) is 0.218. The van der Waals surface area contributed by atoms with Gasteiger partial charge >= 0.3 is 255 Å². The van der Waals surface area contributed by atoms with Gasteiger partial charge in [-0.2, -0.15) is 0 Å². The molecule has 0 amide bonds. The Morgan fingerprint density at radius 1 is 0.462 bits per heavy atom. The molecule has 0 saturated heterocycles. The number of hydrogen-bond acceptors (Lipinski definition) is 2. The molecule has 0 aliphatic rings. The molecular formula is C32H58Cl2N2P2Pd-2. The fourth-order valence-corrected chi connectivity index (χ4v) is 102. The van der Waals surface area contributed by atoms with Crippen LogP contribution in [0.25, 0.3) is 0 Å². The summed E-state index contributed by atoms with van der Waals surface area (Å²) in [5.41, 5.74) is -3.03. The molecule has 2 nitrogen and oxygen atoms in total. The average Bonchev–Trinajstić information content (AvgIpc) is 2.70. The third-order valence-electron chi connectivity index (χ3n) is 8.07. The molecule has 0 aliphatic carbocycles. The van der Waals surface area contributed by atoms with Gasteiger partial charge < -0.3 is 0 Å². The molecule has 2 rings (SSSR count). The number of benzene rings is 2. The van der Waals surface area contributed by atoms with Gasteiger partial charge in [0, 0.05) is 0 Å². The van der Waals surface area contributed by atoms with E-state index >= 15 is 0 Å². The van der Waals surface area contributed by atoms with E-state index in [1.165, 1.54) is 22.0 Å². The van der Waals surface area contributed by atoms with Crippen LogP contribution in [-0.2, 0) is 12.5 Å². The summed E-state index contributed by atoms with van der Waals surface area (Å²) in [6, 6.07) is 18.6. The minimum atomic E-state index is -3.36. The van der Waals surface area contributed by atoms with Crippen molar-refractivity contribution in [3.63, 3.8) is 0 Å². The second-order valence-corrected chi connectivity index (χ2v) is 51.0. The zero-order valence-corrected chi connectivity index (χ0v) is 32.7. The third-order valence-corrected chi connectivity index (χ3v) is 66.0. The Labute approximate surface area is 253 Å². The van der Waals surface area contributed by atoms with E-state index in [1.807, 2.05) is 0 Å². The summed E-state index contributed by atoms with van der Waals surface area (Å²) in [5, 5.41) is 2.55. The van der Waals surface area contributed by atoms with Gasteiger partial charge in [0.05, 0.1) is 0 Å². The fourth-order valence-electron chi connectivity index (χ4n) is 7.54. The van der Waals surface area contributed by atoms with Crippen molar-refractivity contribution in [2.24, 2.45) is 0 Å². The normalized spacial score (nSPS) is 15.6. The van der Waals surface area contributed by atoms with Crippen molar-refractivity contribution in [1.82, 2.24) is 0 Å². The van der Waals surface area contributed by atoms with Crippen LogP contribution in [-0.4, -0.2) is 48.8 Å². The SMILES string of the molecule is CN(C)c1ccc([PH](C(C)(C)C)(C(C)(C)C)[Pd-2]([Cl])([Cl])[PH](c2ccc(N(C)C)cc2)(C(C)(C)C)C(C)(C)C)cc1. The molecular weight excluding hydrogens is 652 g/mol. The molecule has 0 bridgehead atoms. The Hall–Kier alpha value is 0.142. The van der Waals surface area contributed by atoms with Crippen LogP contribution in [0, 0.1) is 0 Å². The van der Waals surface area contributed by atoms with E-state index in [9.17, 15) is 0 Å². The van der Waals surface area contributed by atoms with Gasteiger partial charge in [-0.3, -0.25) is 0 Å². The van der Waals surface area contributed by atoms with Crippen LogP contribution in [0.15, 0.2) is 48.5 Å². The zero-order valence-electron chi connectivity index (χ0n) is 27.6. The summed E-state index contributed by atoms with van der Waals surface area (Å²) in [6.45, 7) is 29.2. The Bertz CT molecular complexity index is 998. The van der Waals surface area contributed by atoms with Gasteiger partial charge in [0.15, 0.2) is 0 Å². The first-order valence-corrected chi connectivity index (χ1v) is 26.2. The second-order valence-electron chi connectivity index (χ2n) is 15.5. The average molecular weight is 710 g/mol. The Morgan fingerprint density at radius 2 is 0.667 bits per heavy atom. The number of rotatable bonds is 6. The van der Waals surface area contributed by atoms with E-state index in [0.29, 0.717) is 0 Å². The molecule has 2 aromatic carbocycles. The van der Waals surface area contributed by atoms with E-state index in [0.717, 1.165) is 0 Å². The van der Waals surface area contributed by atoms with Crippen LogP contribution in [0.1, 0.15) is 83.1 Å². The van der Waals surface area contributed by atoms with E-state index < -0.39 is 23.4 Å². The number of halogens is 2. The molecule has 0 atom stereocenters. The van der Waals surface area contributed by atoms with E-state index in [4.69, 9.17) is 19.1 Å². The summed E-state index contributed by atoms with van der Waals surface area (Å²) in [6.07, 6.45) is 0. The van der Waals surface area contributed by atoms with Crippen LogP contribution in [0.5, 0.6) is 0 Å². The Kier molecular flexibility index (Phi) is 10.3. The first-order chi connectivity index (χ1) is 17.3. The zero-order chi connectivity index (χ0) is 30.6. The monoisotopic (exact) mass is 708 g/mol. The molecule has 0 unspecified atom stereocenters. The standard InChI is InChI=1S/2C16H28NP.2ClH.Pd/c2*1-15(2,3)18(16(4,5)6)14-11-9-13(10-12-14)17(7)8;;;/h2*9-12H,1-8H3;2*1H;/q;;;;-2.